The number of rotatable bonds is 5. The van der Waals surface area contributed by atoms with E-state index in [1.54, 1.807) is 4.68 Å². The molecule has 2 heterocycles. The first kappa shape index (κ1) is 14.7. The van der Waals surface area contributed by atoms with Gasteiger partial charge >= 0.3 is 0 Å². The largest absolute Gasteiger partial charge is 0.310 e. The fourth-order valence-corrected chi connectivity index (χ4v) is 1.89. The zero-order valence-corrected chi connectivity index (χ0v) is 12.4. The molecule has 0 aliphatic carbocycles. The quantitative estimate of drug-likeness (QED) is 0.912. The van der Waals surface area contributed by atoms with Gasteiger partial charge in [-0.05, 0) is 18.1 Å². The summed E-state index contributed by atoms with van der Waals surface area (Å²) >= 11 is 0. The summed E-state index contributed by atoms with van der Waals surface area (Å²) in [6.45, 7) is 8.85. The highest BCUT2D eigenvalue weighted by Gasteiger charge is 2.11. The van der Waals surface area contributed by atoms with Gasteiger partial charge in [0.2, 0.25) is 0 Å². The van der Waals surface area contributed by atoms with E-state index in [1.165, 1.54) is 12.3 Å². The average molecular weight is 276 g/mol. The molecule has 0 saturated carbocycles. The summed E-state index contributed by atoms with van der Waals surface area (Å²) in [5.41, 5.74) is 1.80. The Kier molecular flexibility index (Phi) is 4.49. The first-order valence-corrected chi connectivity index (χ1v) is 6.91. The molecule has 2 rings (SSSR count). The molecule has 2 aromatic heterocycles. The van der Waals surface area contributed by atoms with Crippen LogP contribution in [0, 0.1) is 5.82 Å². The Bertz CT molecular complexity index is 575. The number of hydrogen-bond donors (Lipinski definition) is 1. The van der Waals surface area contributed by atoms with Crippen molar-refractivity contribution in [1.29, 1.82) is 0 Å². The summed E-state index contributed by atoms with van der Waals surface area (Å²) in [5, 5.41) is 7.78. The number of nitrogens with one attached hydrogen (secondary N) is 1. The minimum Gasteiger partial charge on any atom is -0.310 e. The monoisotopic (exact) mass is 276 g/mol. The molecule has 5 heteroatoms. The summed E-state index contributed by atoms with van der Waals surface area (Å²) in [6, 6.07) is 3.80. The molecule has 0 spiro atoms. The summed E-state index contributed by atoms with van der Waals surface area (Å²) in [7, 11) is 0. The number of halogens is 1. The average Bonchev–Trinajstić information content (AvgIpc) is 2.86. The lowest BCUT2D eigenvalue weighted by Crippen LogP contribution is -2.23. The topological polar surface area (TPSA) is 42.7 Å². The highest BCUT2D eigenvalue weighted by atomic mass is 19.1. The maximum atomic E-state index is 13.4. The predicted molar refractivity (Wildman–Crippen MR) is 77.4 cm³/mol. The Labute approximate surface area is 119 Å². The molecular formula is C15H21FN4. The number of hydrogen-bond acceptors (Lipinski definition) is 3. The number of nitrogens with zero attached hydrogens (tertiary/aromatic N) is 3. The predicted octanol–water partition coefficient (Wildman–Crippen LogP) is 3.03. The van der Waals surface area contributed by atoms with E-state index < -0.39 is 0 Å². The molecule has 0 bridgehead atoms. The van der Waals surface area contributed by atoms with Gasteiger partial charge in [-0.15, -0.1) is 0 Å². The van der Waals surface area contributed by atoms with E-state index in [0.29, 0.717) is 24.3 Å². The Morgan fingerprint density at radius 1 is 1.30 bits per heavy atom. The molecule has 0 saturated heterocycles. The second-order valence-electron chi connectivity index (χ2n) is 5.51. The van der Waals surface area contributed by atoms with Crippen molar-refractivity contribution in [3.8, 4) is 5.82 Å². The van der Waals surface area contributed by atoms with E-state index in [9.17, 15) is 4.39 Å². The fraction of sp³-hybridized carbons (Fsp3) is 0.467. The molecule has 0 aliphatic heterocycles. The minimum atomic E-state index is -0.328. The van der Waals surface area contributed by atoms with Crippen molar-refractivity contribution in [3.63, 3.8) is 0 Å². The van der Waals surface area contributed by atoms with Crippen LogP contribution in [-0.4, -0.2) is 20.8 Å². The first-order chi connectivity index (χ1) is 9.47. The molecule has 0 atom stereocenters. The molecule has 0 amide bonds. The van der Waals surface area contributed by atoms with Crippen LogP contribution in [0.4, 0.5) is 4.39 Å². The summed E-state index contributed by atoms with van der Waals surface area (Å²) in [4.78, 5) is 4.18. The Morgan fingerprint density at radius 2 is 2.05 bits per heavy atom. The normalized spacial score (nSPS) is 11.6. The van der Waals surface area contributed by atoms with Crippen molar-refractivity contribution in [2.45, 2.75) is 46.2 Å². The van der Waals surface area contributed by atoms with Crippen LogP contribution >= 0.6 is 0 Å². The highest BCUT2D eigenvalue weighted by Crippen LogP contribution is 2.16. The van der Waals surface area contributed by atoms with Crippen molar-refractivity contribution < 1.29 is 4.39 Å². The summed E-state index contributed by atoms with van der Waals surface area (Å²) in [5.74, 6) is 0.700. The lowest BCUT2D eigenvalue weighted by molar-refractivity contribution is 0.573. The minimum absolute atomic E-state index is 0.328. The lowest BCUT2D eigenvalue weighted by Gasteiger charge is -2.12. The van der Waals surface area contributed by atoms with Crippen LogP contribution in [0.1, 0.15) is 44.9 Å². The van der Waals surface area contributed by atoms with E-state index in [-0.39, 0.29) is 5.82 Å². The third-order valence-corrected chi connectivity index (χ3v) is 3.03. The van der Waals surface area contributed by atoms with Crippen LogP contribution in [0.25, 0.3) is 5.82 Å². The molecule has 0 radical (unpaired) electrons. The van der Waals surface area contributed by atoms with E-state index in [2.05, 4.69) is 43.1 Å². The number of pyridine rings is 1. The second kappa shape index (κ2) is 6.13. The van der Waals surface area contributed by atoms with Gasteiger partial charge in [0, 0.05) is 24.3 Å². The van der Waals surface area contributed by atoms with Gasteiger partial charge in [-0.25, -0.2) is 14.1 Å². The summed E-state index contributed by atoms with van der Waals surface area (Å²) < 4.78 is 15.1. The van der Waals surface area contributed by atoms with Crippen LogP contribution in [0.3, 0.4) is 0 Å². The van der Waals surface area contributed by atoms with Gasteiger partial charge in [-0.1, -0.05) is 27.7 Å². The van der Waals surface area contributed by atoms with Gasteiger partial charge in [0.15, 0.2) is 5.82 Å². The van der Waals surface area contributed by atoms with Gasteiger partial charge < -0.3 is 5.32 Å². The van der Waals surface area contributed by atoms with Crippen molar-refractivity contribution in [3.05, 3.63) is 41.6 Å². The van der Waals surface area contributed by atoms with Crippen LogP contribution in [0.2, 0.25) is 0 Å². The van der Waals surface area contributed by atoms with Crippen molar-refractivity contribution in [2.24, 2.45) is 0 Å². The van der Waals surface area contributed by atoms with E-state index in [0.717, 1.165) is 11.3 Å². The third kappa shape index (κ3) is 3.42. The molecular weight excluding hydrogens is 255 g/mol. The Balaban J connectivity index is 2.33. The Hall–Kier alpha value is -1.75. The zero-order chi connectivity index (χ0) is 14.7. The molecule has 0 aromatic carbocycles. The number of aromatic nitrogens is 3. The SMILES string of the molecule is CC(C)NCc1cc(F)cnc1-n1ccc(C(C)C)n1. The molecule has 108 valence electrons. The molecule has 0 fully saturated rings. The van der Waals surface area contributed by atoms with Crippen LogP contribution < -0.4 is 5.32 Å². The van der Waals surface area contributed by atoms with Crippen LogP contribution in [-0.2, 0) is 6.54 Å². The third-order valence-electron chi connectivity index (χ3n) is 3.03. The van der Waals surface area contributed by atoms with Crippen LogP contribution in [0.5, 0.6) is 0 Å². The van der Waals surface area contributed by atoms with Gasteiger partial charge in [0.25, 0.3) is 0 Å². The first-order valence-electron chi connectivity index (χ1n) is 6.91. The molecule has 0 unspecified atom stereocenters. The van der Waals surface area contributed by atoms with Crippen molar-refractivity contribution >= 4 is 0 Å². The standard InChI is InChI=1S/C15H21FN4/c1-10(2)14-5-6-20(19-14)15-12(8-17-11(3)4)7-13(16)9-18-15/h5-7,9-11,17H,8H2,1-4H3. The van der Waals surface area contributed by atoms with Gasteiger partial charge in [-0.3, -0.25) is 0 Å². The van der Waals surface area contributed by atoms with Gasteiger partial charge in [-0.2, -0.15) is 5.10 Å². The smallest absolute Gasteiger partial charge is 0.157 e. The maximum Gasteiger partial charge on any atom is 0.157 e. The van der Waals surface area contributed by atoms with Crippen molar-refractivity contribution in [2.75, 3.05) is 0 Å². The lowest BCUT2D eigenvalue weighted by atomic mass is 10.1. The molecule has 1 N–H and O–H groups in total. The molecule has 20 heavy (non-hydrogen) atoms. The van der Waals surface area contributed by atoms with E-state index >= 15 is 0 Å². The van der Waals surface area contributed by atoms with Gasteiger partial charge in [0.05, 0.1) is 11.9 Å². The van der Waals surface area contributed by atoms with Crippen LogP contribution in [0.15, 0.2) is 24.5 Å². The molecule has 0 aliphatic rings. The molecule has 4 nitrogen and oxygen atoms in total. The maximum absolute atomic E-state index is 13.4. The van der Waals surface area contributed by atoms with Crippen molar-refractivity contribution in [1.82, 2.24) is 20.1 Å². The molecule has 2 aromatic rings. The van der Waals surface area contributed by atoms with E-state index in [1.807, 2.05) is 12.3 Å². The Morgan fingerprint density at radius 3 is 2.65 bits per heavy atom. The second-order valence-corrected chi connectivity index (χ2v) is 5.51. The van der Waals surface area contributed by atoms with E-state index in [4.69, 9.17) is 0 Å². The zero-order valence-electron chi connectivity index (χ0n) is 12.4. The summed E-state index contributed by atoms with van der Waals surface area (Å²) in [6.07, 6.45) is 3.10. The highest BCUT2D eigenvalue weighted by molar-refractivity contribution is 5.33. The fourth-order valence-electron chi connectivity index (χ4n) is 1.89. The van der Waals surface area contributed by atoms with Gasteiger partial charge in [0.1, 0.15) is 5.82 Å².